The van der Waals surface area contributed by atoms with Gasteiger partial charge in [0, 0.05) is 0 Å². The second-order valence-corrected chi connectivity index (χ2v) is 2.73. The van der Waals surface area contributed by atoms with Crippen LogP contribution in [0.1, 0.15) is 5.69 Å². The molecule has 1 heterocycles. The fourth-order valence-corrected chi connectivity index (χ4v) is 1.07. The van der Waals surface area contributed by atoms with Gasteiger partial charge in [-0.25, -0.2) is 0 Å². The van der Waals surface area contributed by atoms with Crippen molar-refractivity contribution in [2.24, 2.45) is 0 Å². The van der Waals surface area contributed by atoms with Gasteiger partial charge in [0.2, 0.25) is 0 Å². The molecular weight excluding hydrogens is 130 g/mol. The molecule has 0 saturated carbocycles. The van der Waals surface area contributed by atoms with Crippen molar-refractivity contribution < 1.29 is 0 Å². The predicted molar refractivity (Wildman–Crippen MR) is 46.3 cm³/mol. The molecule has 2 N–H and O–H groups in total. The molecule has 0 aliphatic rings. The Kier molecular flexibility index (Phi) is 1.71. The van der Waals surface area contributed by atoms with Gasteiger partial charge in [-0.3, -0.25) is 0 Å². The minimum atomic E-state index is 0.744. The van der Waals surface area contributed by atoms with Gasteiger partial charge in [0.25, 0.3) is 0 Å². The Hall–Kier alpha value is -0.570. The van der Waals surface area contributed by atoms with E-state index in [0.717, 1.165) is 16.1 Å². The molecule has 0 aromatic carbocycles. The van der Waals surface area contributed by atoms with E-state index >= 15 is 0 Å². The maximum atomic E-state index is 5.43. The van der Waals surface area contributed by atoms with Crippen molar-refractivity contribution in [1.82, 2.24) is 4.37 Å². The molecule has 0 unspecified atom stereocenters. The van der Waals surface area contributed by atoms with Gasteiger partial charge in [-0.1, -0.05) is 0 Å². The monoisotopic (exact) mass is 136 g/mol. The Bertz CT molecular complexity index is 232. The summed E-state index contributed by atoms with van der Waals surface area (Å²) in [5.41, 5.74) is 6.33. The van der Waals surface area contributed by atoms with E-state index in [4.69, 9.17) is 5.73 Å². The molecule has 0 amide bonds. The zero-order chi connectivity index (χ0) is 6.85. The molecule has 0 radical (unpaired) electrons. The quantitative estimate of drug-likeness (QED) is 0.489. The van der Waals surface area contributed by atoms with Crippen molar-refractivity contribution in [3.63, 3.8) is 0 Å². The number of hydrogen-bond donors (Lipinski definition) is 1. The Labute approximate surface area is 59.7 Å². The zero-order valence-corrected chi connectivity index (χ0v) is 6.03. The van der Waals surface area contributed by atoms with E-state index < -0.39 is 0 Å². The molecule has 44 valence electrons. The van der Waals surface area contributed by atoms with Crippen LogP contribution < -0.4 is 5.73 Å². The van der Waals surface area contributed by atoms with E-state index in [2.05, 4.69) is 11.9 Å². The summed E-state index contributed by atoms with van der Waals surface area (Å²) < 4.78 is 4.03. The van der Waals surface area contributed by atoms with Crippen LogP contribution in [0.2, 0.25) is 0 Å². The number of nitrogens with two attached hydrogens (primary N) is 1. The molecule has 5 heteroatoms. The number of nitrogens with zero attached hydrogens (tertiary/aromatic N) is 1. The van der Waals surface area contributed by atoms with Gasteiger partial charge in [0.1, 0.15) is 0 Å². The number of aromatic nitrogens is 1. The zero-order valence-electron chi connectivity index (χ0n) is 5.22. The van der Waals surface area contributed by atoms with Crippen molar-refractivity contribution in [1.29, 1.82) is 0 Å². The van der Waals surface area contributed by atoms with Gasteiger partial charge >= 0.3 is 59.1 Å². The molecule has 0 fully saturated rings. The van der Waals surface area contributed by atoms with E-state index in [1.165, 1.54) is 11.5 Å². The molecule has 1 rings (SSSR count). The third-order valence-corrected chi connectivity index (χ3v) is 1.58. The Balaban J connectivity index is 2.98. The molecule has 1 aromatic rings. The average molecular weight is 136 g/mol. The first-order chi connectivity index (χ1) is 4.20. The van der Waals surface area contributed by atoms with Gasteiger partial charge in [-0.2, -0.15) is 0 Å². The van der Waals surface area contributed by atoms with Gasteiger partial charge in [0.05, 0.1) is 0 Å². The van der Waals surface area contributed by atoms with Crippen molar-refractivity contribution in [2.75, 3.05) is 5.73 Å². The molecule has 0 aliphatic carbocycles. The first-order valence-corrected chi connectivity index (χ1v) is 3.35. The summed E-state index contributed by atoms with van der Waals surface area (Å²) >= 11 is 1.30. The molecule has 9 heavy (non-hydrogen) atoms. The van der Waals surface area contributed by atoms with Gasteiger partial charge in [-0.15, -0.1) is 0 Å². The maximum absolute atomic E-state index is 5.43. The van der Waals surface area contributed by atoms with Crippen molar-refractivity contribution in [3.05, 3.63) is 11.8 Å². The molecule has 0 saturated heterocycles. The van der Waals surface area contributed by atoms with Crippen LogP contribution in [0.4, 0.5) is 5.00 Å². The summed E-state index contributed by atoms with van der Waals surface area (Å²) in [7, 11) is 5.64. The van der Waals surface area contributed by atoms with Gasteiger partial charge < -0.3 is 0 Å². The fourth-order valence-electron chi connectivity index (χ4n) is 0.490. The standard InChI is InChI=1S/C4H6B2N2S/c5-4(6)2-1-3(7)9-8-2/h1,5H,6-7H2. The topological polar surface area (TPSA) is 38.9 Å². The number of hydrogen-bond acceptors (Lipinski definition) is 3. The molecule has 1 aromatic heterocycles. The second-order valence-electron chi connectivity index (χ2n) is 1.89. The Morgan fingerprint density at radius 2 is 2.56 bits per heavy atom. The van der Waals surface area contributed by atoms with E-state index in [0.29, 0.717) is 0 Å². The van der Waals surface area contributed by atoms with Crippen LogP contribution in [0, 0.1) is 0 Å². The summed E-state index contributed by atoms with van der Waals surface area (Å²) in [5, 5.41) is 1.70. The van der Waals surface area contributed by atoms with Crippen LogP contribution in [0.5, 0.6) is 0 Å². The fraction of sp³-hybridized carbons (Fsp3) is 0. The van der Waals surface area contributed by atoms with Gasteiger partial charge in [-0.05, 0) is 0 Å². The SMILES string of the molecule is B=C(B)c1cc(N)sn1. The van der Waals surface area contributed by atoms with Crippen LogP contribution >= 0.6 is 11.5 Å². The molecule has 0 bridgehead atoms. The Morgan fingerprint density at radius 3 is 2.78 bits per heavy atom. The second kappa shape index (κ2) is 2.35. The van der Waals surface area contributed by atoms with E-state index in [1.54, 1.807) is 0 Å². The van der Waals surface area contributed by atoms with E-state index in [-0.39, 0.29) is 0 Å². The van der Waals surface area contributed by atoms with Crippen LogP contribution in [0.25, 0.3) is 0 Å². The normalized spacial score (nSPS) is 9.22. The summed E-state index contributed by atoms with van der Waals surface area (Å²) in [6.45, 7) is 0. The van der Waals surface area contributed by atoms with E-state index in [1.807, 2.05) is 13.9 Å². The van der Waals surface area contributed by atoms with Crippen molar-refractivity contribution in [2.45, 2.75) is 0 Å². The number of nitrogen functional groups attached to an aromatic ring is 1. The molecule has 2 nitrogen and oxygen atoms in total. The first kappa shape index (κ1) is 6.55. The average Bonchev–Trinajstić information content (AvgIpc) is 2.14. The first-order valence-electron chi connectivity index (χ1n) is 2.58. The summed E-state index contributed by atoms with van der Waals surface area (Å²) in [4.78, 5) is 0. The molecule has 0 atom stereocenters. The van der Waals surface area contributed by atoms with Crippen LogP contribution in [0.3, 0.4) is 0 Å². The number of anilines is 1. The van der Waals surface area contributed by atoms with Gasteiger partial charge in [0.15, 0.2) is 0 Å². The Morgan fingerprint density at radius 1 is 1.89 bits per heavy atom. The minimum absolute atomic E-state index is 0.744. The summed E-state index contributed by atoms with van der Waals surface area (Å²) in [6.07, 6.45) is 0. The molecular formula is C4H6B2N2S. The van der Waals surface area contributed by atoms with E-state index in [9.17, 15) is 0 Å². The van der Waals surface area contributed by atoms with Crippen LogP contribution in [-0.2, 0) is 0 Å². The van der Waals surface area contributed by atoms with Crippen molar-refractivity contribution in [3.8, 4) is 0 Å². The third-order valence-electron chi connectivity index (χ3n) is 0.966. The molecule has 0 aliphatic heterocycles. The number of rotatable bonds is 1. The summed E-state index contributed by atoms with van der Waals surface area (Å²) in [6, 6.07) is 1.83. The van der Waals surface area contributed by atoms with Crippen LogP contribution in [0.15, 0.2) is 6.07 Å². The summed E-state index contributed by atoms with van der Waals surface area (Å²) in [5.74, 6) is 0. The van der Waals surface area contributed by atoms with Crippen molar-refractivity contribution >= 4 is 37.2 Å². The molecule has 0 spiro atoms. The predicted octanol–water partition coefficient (Wildman–Crippen LogP) is -1.26. The third kappa shape index (κ3) is 1.42. The van der Waals surface area contributed by atoms with Crippen LogP contribution in [-0.4, -0.2) is 25.1 Å².